The highest BCUT2D eigenvalue weighted by Crippen LogP contribution is 2.23. The van der Waals surface area contributed by atoms with E-state index in [1.807, 2.05) is 18.2 Å². The molecule has 0 aliphatic carbocycles. The molecule has 1 heterocycles. The summed E-state index contributed by atoms with van der Waals surface area (Å²) in [5, 5.41) is 7.03. The van der Waals surface area contributed by atoms with Crippen molar-refractivity contribution in [2.75, 3.05) is 10.6 Å². The van der Waals surface area contributed by atoms with Crippen LogP contribution in [-0.2, 0) is 12.8 Å². The summed E-state index contributed by atoms with van der Waals surface area (Å²) >= 11 is 5.46. The molecule has 0 fully saturated rings. The normalized spacial score (nSPS) is 10.8. The van der Waals surface area contributed by atoms with Gasteiger partial charge in [-0.15, -0.1) is 0 Å². The molecule has 5 nitrogen and oxygen atoms in total. The van der Waals surface area contributed by atoms with Crippen molar-refractivity contribution in [1.29, 1.82) is 0 Å². The first-order valence-electron chi connectivity index (χ1n) is 8.01. The van der Waals surface area contributed by atoms with Crippen LogP contribution in [0.25, 0.3) is 11.0 Å². The number of anilines is 2. The zero-order valence-corrected chi connectivity index (χ0v) is 14.5. The predicted octanol–water partition coefficient (Wildman–Crippen LogP) is 3.79. The molecular weight excluding hydrogens is 320 g/mol. The molecular formula is C18H20N4OS. The summed E-state index contributed by atoms with van der Waals surface area (Å²) in [5.74, 6) is 0. The number of imidazole rings is 1. The highest BCUT2D eigenvalue weighted by molar-refractivity contribution is 7.80. The van der Waals surface area contributed by atoms with Crippen molar-refractivity contribution in [3.8, 4) is 0 Å². The van der Waals surface area contributed by atoms with Gasteiger partial charge in [-0.1, -0.05) is 32.0 Å². The fourth-order valence-electron chi connectivity index (χ4n) is 2.79. The first-order chi connectivity index (χ1) is 11.6. The molecule has 3 rings (SSSR count). The maximum absolute atomic E-state index is 11.3. The Balaban J connectivity index is 1.81. The molecule has 4 N–H and O–H groups in total. The fourth-order valence-corrected chi connectivity index (χ4v) is 3.01. The second kappa shape index (κ2) is 6.88. The van der Waals surface area contributed by atoms with Gasteiger partial charge in [-0.05, 0) is 54.4 Å². The topological polar surface area (TPSA) is 72.7 Å². The summed E-state index contributed by atoms with van der Waals surface area (Å²) in [4.78, 5) is 16.8. The van der Waals surface area contributed by atoms with Gasteiger partial charge in [0.05, 0.1) is 11.0 Å². The van der Waals surface area contributed by atoms with Crippen molar-refractivity contribution >= 4 is 39.7 Å². The number of thiocarbonyl (C=S) groups is 1. The van der Waals surface area contributed by atoms with E-state index in [4.69, 9.17) is 12.2 Å². The molecule has 0 atom stereocenters. The van der Waals surface area contributed by atoms with E-state index >= 15 is 0 Å². The second-order valence-corrected chi connectivity index (χ2v) is 5.99. The van der Waals surface area contributed by atoms with Crippen molar-refractivity contribution in [3.05, 3.63) is 58.0 Å². The predicted molar refractivity (Wildman–Crippen MR) is 104 cm³/mol. The number of rotatable bonds is 4. The van der Waals surface area contributed by atoms with Crippen LogP contribution in [0.1, 0.15) is 25.0 Å². The lowest BCUT2D eigenvalue weighted by atomic mass is 10.0. The van der Waals surface area contributed by atoms with Gasteiger partial charge in [0.15, 0.2) is 5.11 Å². The third kappa shape index (κ3) is 3.33. The molecule has 0 saturated heterocycles. The summed E-state index contributed by atoms with van der Waals surface area (Å²) in [5.41, 5.74) is 5.68. The molecule has 0 saturated carbocycles. The first kappa shape index (κ1) is 16.3. The average molecular weight is 340 g/mol. The van der Waals surface area contributed by atoms with Crippen molar-refractivity contribution in [2.24, 2.45) is 0 Å². The molecule has 6 heteroatoms. The molecule has 3 aromatic rings. The van der Waals surface area contributed by atoms with Crippen LogP contribution < -0.4 is 16.3 Å². The van der Waals surface area contributed by atoms with Gasteiger partial charge < -0.3 is 20.6 Å². The van der Waals surface area contributed by atoms with E-state index in [0.717, 1.165) is 35.2 Å². The molecule has 0 radical (unpaired) electrons. The van der Waals surface area contributed by atoms with Crippen LogP contribution in [-0.4, -0.2) is 15.1 Å². The van der Waals surface area contributed by atoms with Crippen molar-refractivity contribution < 1.29 is 0 Å². The van der Waals surface area contributed by atoms with E-state index in [9.17, 15) is 4.79 Å². The number of hydrogen-bond donors (Lipinski definition) is 4. The number of H-pyrrole nitrogens is 2. The van der Waals surface area contributed by atoms with Crippen molar-refractivity contribution in [2.45, 2.75) is 26.7 Å². The van der Waals surface area contributed by atoms with E-state index in [0.29, 0.717) is 5.11 Å². The highest BCUT2D eigenvalue weighted by atomic mass is 32.1. The lowest BCUT2D eigenvalue weighted by Gasteiger charge is -2.17. The third-order valence-corrected chi connectivity index (χ3v) is 4.22. The summed E-state index contributed by atoms with van der Waals surface area (Å²) < 4.78 is 0. The van der Waals surface area contributed by atoms with E-state index < -0.39 is 0 Å². The number of aromatic amines is 2. The van der Waals surface area contributed by atoms with Crippen LogP contribution in [0.5, 0.6) is 0 Å². The molecule has 0 aliphatic rings. The maximum atomic E-state index is 11.3. The number of benzene rings is 2. The summed E-state index contributed by atoms with van der Waals surface area (Å²) in [7, 11) is 0. The SMILES string of the molecule is CCc1cccc(CC)c1NC(=S)Nc1ccc2[nH]c(=O)[nH]c2c1. The second-order valence-electron chi connectivity index (χ2n) is 5.58. The third-order valence-electron chi connectivity index (χ3n) is 4.01. The van der Waals surface area contributed by atoms with Gasteiger partial charge in [-0.3, -0.25) is 0 Å². The van der Waals surface area contributed by atoms with Gasteiger partial charge in [0, 0.05) is 11.4 Å². The lowest BCUT2D eigenvalue weighted by Crippen LogP contribution is -2.20. The summed E-state index contributed by atoms with van der Waals surface area (Å²) in [6.45, 7) is 4.26. The number of nitrogens with one attached hydrogen (secondary N) is 4. The Morgan fingerprint density at radius 3 is 2.33 bits per heavy atom. The van der Waals surface area contributed by atoms with E-state index in [1.165, 1.54) is 11.1 Å². The standard InChI is InChI=1S/C18H20N4OS/c1-3-11-6-5-7-12(4-2)16(11)22-18(24)19-13-8-9-14-15(10-13)21-17(23)20-14/h5-10H,3-4H2,1-2H3,(H2,19,22,24)(H2,20,21,23). The fraction of sp³-hybridized carbons (Fsp3) is 0.222. The van der Waals surface area contributed by atoms with Crippen LogP contribution in [0.3, 0.4) is 0 Å². The molecule has 124 valence electrons. The van der Waals surface area contributed by atoms with Gasteiger partial charge >= 0.3 is 5.69 Å². The Labute approximate surface area is 145 Å². The Morgan fingerprint density at radius 2 is 1.67 bits per heavy atom. The van der Waals surface area contributed by atoms with Gasteiger partial charge in [0.25, 0.3) is 0 Å². The molecule has 0 aliphatic heterocycles. The van der Waals surface area contributed by atoms with Crippen molar-refractivity contribution in [1.82, 2.24) is 9.97 Å². The smallest absolute Gasteiger partial charge is 0.323 e. The number of aromatic nitrogens is 2. The van der Waals surface area contributed by atoms with E-state index in [2.05, 4.69) is 52.6 Å². The molecule has 24 heavy (non-hydrogen) atoms. The number of para-hydroxylation sites is 1. The molecule has 0 unspecified atom stereocenters. The quantitative estimate of drug-likeness (QED) is 0.545. The largest absolute Gasteiger partial charge is 0.332 e. The molecule has 2 aromatic carbocycles. The summed E-state index contributed by atoms with van der Waals surface area (Å²) in [6.07, 6.45) is 1.88. The van der Waals surface area contributed by atoms with E-state index in [-0.39, 0.29) is 5.69 Å². The summed E-state index contributed by atoms with van der Waals surface area (Å²) in [6, 6.07) is 11.9. The average Bonchev–Trinajstić information content (AvgIpc) is 2.94. The highest BCUT2D eigenvalue weighted by Gasteiger charge is 2.08. The minimum Gasteiger partial charge on any atom is -0.332 e. The monoisotopic (exact) mass is 340 g/mol. The van der Waals surface area contributed by atoms with Gasteiger partial charge in [0.1, 0.15) is 0 Å². The van der Waals surface area contributed by atoms with E-state index in [1.54, 1.807) is 0 Å². The van der Waals surface area contributed by atoms with Crippen LogP contribution in [0.4, 0.5) is 11.4 Å². The number of aryl methyl sites for hydroxylation is 2. The molecule has 0 amide bonds. The van der Waals surface area contributed by atoms with Gasteiger partial charge in [-0.25, -0.2) is 4.79 Å². The minimum atomic E-state index is -0.215. The van der Waals surface area contributed by atoms with Crippen LogP contribution in [0.2, 0.25) is 0 Å². The Hall–Kier alpha value is -2.60. The van der Waals surface area contributed by atoms with Crippen LogP contribution in [0, 0.1) is 0 Å². The number of fused-ring (bicyclic) bond motifs is 1. The zero-order chi connectivity index (χ0) is 17.1. The Bertz CT molecular complexity index is 919. The molecule has 0 bridgehead atoms. The van der Waals surface area contributed by atoms with Gasteiger partial charge in [-0.2, -0.15) is 0 Å². The Kier molecular flexibility index (Phi) is 4.66. The van der Waals surface area contributed by atoms with Crippen LogP contribution >= 0.6 is 12.2 Å². The maximum Gasteiger partial charge on any atom is 0.323 e. The zero-order valence-electron chi connectivity index (χ0n) is 13.7. The minimum absolute atomic E-state index is 0.215. The Morgan fingerprint density at radius 1 is 1.00 bits per heavy atom. The lowest BCUT2D eigenvalue weighted by molar-refractivity contribution is 1.09. The number of hydrogen-bond acceptors (Lipinski definition) is 2. The molecule has 0 spiro atoms. The first-order valence-corrected chi connectivity index (χ1v) is 8.42. The van der Waals surface area contributed by atoms with Crippen LogP contribution in [0.15, 0.2) is 41.2 Å². The van der Waals surface area contributed by atoms with Gasteiger partial charge in [0.2, 0.25) is 0 Å². The molecule has 1 aromatic heterocycles. The van der Waals surface area contributed by atoms with Crippen molar-refractivity contribution in [3.63, 3.8) is 0 Å².